The van der Waals surface area contributed by atoms with Gasteiger partial charge < -0.3 is 15.4 Å². The summed E-state index contributed by atoms with van der Waals surface area (Å²) in [5, 5.41) is 5.84. The minimum Gasteiger partial charge on any atom is -0.496 e. The van der Waals surface area contributed by atoms with E-state index in [9.17, 15) is 9.59 Å². The first-order valence-electron chi connectivity index (χ1n) is 6.53. The Morgan fingerprint density at radius 3 is 2.62 bits per heavy atom. The fourth-order valence-electron chi connectivity index (χ4n) is 1.65. The molecule has 0 saturated heterocycles. The van der Waals surface area contributed by atoms with Gasteiger partial charge >= 0.3 is 0 Å². The van der Waals surface area contributed by atoms with Gasteiger partial charge in [-0.1, -0.05) is 11.6 Å². The van der Waals surface area contributed by atoms with E-state index in [1.807, 2.05) is 0 Å². The third kappa shape index (κ3) is 6.23. The summed E-state index contributed by atoms with van der Waals surface area (Å²) < 4.78 is 5.11. The maximum atomic E-state index is 12.0. The molecule has 0 aliphatic carbocycles. The molecule has 0 saturated carbocycles. The minimum absolute atomic E-state index is 0.0785. The van der Waals surface area contributed by atoms with E-state index in [1.165, 1.54) is 13.2 Å². The summed E-state index contributed by atoms with van der Waals surface area (Å²) in [6.45, 7) is 0.677. The number of rotatable bonds is 8. The Labute approximate surface area is 133 Å². The minimum atomic E-state index is -0.302. The Morgan fingerprint density at radius 2 is 1.95 bits per heavy atom. The number of methoxy groups -OCH3 is 1. The highest BCUT2D eigenvalue weighted by Gasteiger charge is 2.12. The van der Waals surface area contributed by atoms with Crippen LogP contribution in [0.25, 0.3) is 0 Å². The number of ether oxygens (including phenoxy) is 1. The summed E-state index contributed by atoms with van der Waals surface area (Å²) in [4.78, 5) is 23.4. The molecule has 0 heterocycles. The zero-order valence-electron chi connectivity index (χ0n) is 11.7. The van der Waals surface area contributed by atoms with Crippen LogP contribution < -0.4 is 15.4 Å². The van der Waals surface area contributed by atoms with Crippen molar-refractivity contribution in [3.8, 4) is 5.75 Å². The van der Waals surface area contributed by atoms with Crippen molar-refractivity contribution in [2.45, 2.75) is 12.8 Å². The molecule has 0 aromatic heterocycles. The Bertz CT molecular complexity index is 495. The summed E-state index contributed by atoms with van der Waals surface area (Å²) in [5.74, 6) is 0.524. The molecule has 0 unspecified atom stereocenters. The van der Waals surface area contributed by atoms with E-state index >= 15 is 0 Å². The predicted octanol–water partition coefficient (Wildman–Crippen LogP) is 2.21. The Morgan fingerprint density at radius 1 is 1.24 bits per heavy atom. The van der Waals surface area contributed by atoms with Gasteiger partial charge in [0.05, 0.1) is 12.7 Å². The summed E-state index contributed by atoms with van der Waals surface area (Å²) in [5.41, 5.74) is 0.360. The molecule has 5 nitrogen and oxygen atoms in total. The van der Waals surface area contributed by atoms with Crippen molar-refractivity contribution in [1.29, 1.82) is 0 Å². The molecule has 0 bridgehead atoms. The van der Waals surface area contributed by atoms with Gasteiger partial charge in [0.25, 0.3) is 5.91 Å². The van der Waals surface area contributed by atoms with Crippen molar-refractivity contribution in [1.82, 2.24) is 10.6 Å². The third-order valence-corrected chi connectivity index (χ3v) is 3.18. The first-order valence-corrected chi connectivity index (χ1v) is 7.44. The van der Waals surface area contributed by atoms with E-state index < -0.39 is 0 Å². The predicted molar refractivity (Wildman–Crippen MR) is 83.3 cm³/mol. The Balaban J connectivity index is 2.41. The fraction of sp³-hybridized carbons (Fsp3) is 0.429. The van der Waals surface area contributed by atoms with Crippen LogP contribution in [-0.4, -0.2) is 37.9 Å². The van der Waals surface area contributed by atoms with Crippen LogP contribution in [0.15, 0.2) is 18.2 Å². The van der Waals surface area contributed by atoms with Crippen LogP contribution in [0.4, 0.5) is 0 Å². The van der Waals surface area contributed by atoms with E-state index in [0.29, 0.717) is 48.1 Å². The highest BCUT2D eigenvalue weighted by Crippen LogP contribution is 2.22. The van der Waals surface area contributed by atoms with Gasteiger partial charge in [-0.2, -0.15) is 0 Å². The lowest BCUT2D eigenvalue weighted by Crippen LogP contribution is -2.34. The molecule has 2 N–H and O–H groups in total. The van der Waals surface area contributed by atoms with Crippen LogP contribution in [0, 0.1) is 0 Å². The second-order valence-electron chi connectivity index (χ2n) is 4.24. The number of alkyl halides is 1. The third-order valence-electron chi connectivity index (χ3n) is 2.68. The lowest BCUT2D eigenvalue weighted by Gasteiger charge is -2.10. The molecule has 0 spiro atoms. The fourth-order valence-corrected chi connectivity index (χ4v) is 1.95. The molecule has 1 rings (SSSR count). The highest BCUT2D eigenvalue weighted by molar-refractivity contribution is 6.31. The second-order valence-corrected chi connectivity index (χ2v) is 5.06. The van der Waals surface area contributed by atoms with E-state index in [2.05, 4.69) is 10.6 Å². The topological polar surface area (TPSA) is 67.4 Å². The van der Waals surface area contributed by atoms with Crippen molar-refractivity contribution in [3.63, 3.8) is 0 Å². The molecule has 2 amide bonds. The summed E-state index contributed by atoms with van der Waals surface area (Å²) in [7, 11) is 1.48. The van der Waals surface area contributed by atoms with Gasteiger partial charge in [-0.3, -0.25) is 9.59 Å². The first-order chi connectivity index (χ1) is 10.1. The molecule has 0 aliphatic heterocycles. The van der Waals surface area contributed by atoms with Crippen LogP contribution in [0.3, 0.4) is 0 Å². The number of amides is 2. The van der Waals surface area contributed by atoms with Crippen LogP contribution in [0.2, 0.25) is 5.02 Å². The van der Waals surface area contributed by atoms with Gasteiger partial charge in [-0.05, 0) is 24.6 Å². The van der Waals surface area contributed by atoms with Crippen LogP contribution in [-0.2, 0) is 4.79 Å². The van der Waals surface area contributed by atoms with Crippen LogP contribution in [0.5, 0.6) is 5.75 Å². The zero-order chi connectivity index (χ0) is 15.7. The molecular weight excluding hydrogens is 315 g/mol. The van der Waals surface area contributed by atoms with Gasteiger partial charge in [0.2, 0.25) is 5.91 Å². The average molecular weight is 333 g/mol. The summed E-state index contributed by atoms with van der Waals surface area (Å²) in [6.07, 6.45) is 1.03. The van der Waals surface area contributed by atoms with Crippen molar-refractivity contribution in [2.75, 3.05) is 26.1 Å². The van der Waals surface area contributed by atoms with E-state index in [0.717, 1.165) is 0 Å². The van der Waals surface area contributed by atoms with Crippen molar-refractivity contribution < 1.29 is 14.3 Å². The van der Waals surface area contributed by atoms with Crippen molar-refractivity contribution in [3.05, 3.63) is 28.8 Å². The zero-order valence-corrected chi connectivity index (χ0v) is 13.3. The number of carbonyl (C=O) groups excluding carboxylic acids is 2. The van der Waals surface area contributed by atoms with Gasteiger partial charge in [0.15, 0.2) is 0 Å². The molecule has 0 aliphatic rings. The molecule has 21 heavy (non-hydrogen) atoms. The lowest BCUT2D eigenvalue weighted by atomic mass is 10.2. The molecule has 0 atom stereocenters. The van der Waals surface area contributed by atoms with E-state index in [-0.39, 0.29) is 11.8 Å². The van der Waals surface area contributed by atoms with Crippen LogP contribution >= 0.6 is 23.2 Å². The average Bonchev–Trinajstić information content (AvgIpc) is 2.49. The molecule has 1 aromatic carbocycles. The molecular formula is C14H18Cl2N2O3. The second kappa shape index (κ2) is 9.47. The van der Waals surface area contributed by atoms with Crippen LogP contribution in [0.1, 0.15) is 23.2 Å². The number of halogens is 2. The van der Waals surface area contributed by atoms with Gasteiger partial charge in [0, 0.05) is 30.4 Å². The van der Waals surface area contributed by atoms with Gasteiger partial charge in [-0.25, -0.2) is 0 Å². The smallest absolute Gasteiger partial charge is 0.255 e. The molecule has 7 heteroatoms. The number of benzene rings is 1. The molecule has 0 radical (unpaired) electrons. The Hall–Kier alpha value is -1.46. The van der Waals surface area contributed by atoms with Crippen molar-refractivity contribution >= 4 is 35.0 Å². The quantitative estimate of drug-likeness (QED) is 0.566. The normalized spacial score (nSPS) is 10.0. The standard InChI is InChI=1S/C14H18Cl2N2O3/c1-21-12-5-4-10(16)9-11(12)14(20)18-8-7-17-13(19)3-2-6-15/h4-5,9H,2-3,6-8H2,1H3,(H,17,19)(H,18,20). The number of nitrogens with one attached hydrogen (secondary N) is 2. The first kappa shape index (κ1) is 17.6. The highest BCUT2D eigenvalue weighted by atomic mass is 35.5. The number of hydrogen-bond donors (Lipinski definition) is 2. The lowest BCUT2D eigenvalue weighted by molar-refractivity contribution is -0.121. The SMILES string of the molecule is COc1ccc(Cl)cc1C(=O)NCCNC(=O)CCCCl. The molecule has 116 valence electrons. The largest absolute Gasteiger partial charge is 0.496 e. The maximum absolute atomic E-state index is 12.0. The summed E-state index contributed by atoms with van der Waals surface area (Å²) in [6, 6.07) is 4.81. The van der Waals surface area contributed by atoms with Gasteiger partial charge in [-0.15, -0.1) is 11.6 Å². The number of hydrogen-bond acceptors (Lipinski definition) is 3. The van der Waals surface area contributed by atoms with E-state index in [4.69, 9.17) is 27.9 Å². The number of carbonyl (C=O) groups is 2. The maximum Gasteiger partial charge on any atom is 0.255 e. The molecule has 1 aromatic rings. The van der Waals surface area contributed by atoms with Gasteiger partial charge in [0.1, 0.15) is 5.75 Å². The Kier molecular flexibility index (Phi) is 7.93. The van der Waals surface area contributed by atoms with Crippen molar-refractivity contribution in [2.24, 2.45) is 0 Å². The molecule has 0 fully saturated rings. The monoisotopic (exact) mass is 332 g/mol. The van der Waals surface area contributed by atoms with E-state index in [1.54, 1.807) is 12.1 Å². The summed E-state index contributed by atoms with van der Waals surface area (Å²) >= 11 is 11.4.